The Morgan fingerprint density at radius 3 is 1.89 bits per heavy atom. The van der Waals surface area contributed by atoms with Crippen molar-refractivity contribution in [2.75, 3.05) is 5.12 Å². The summed E-state index contributed by atoms with van der Waals surface area (Å²) in [6.45, 7) is 0. The average Bonchev–Trinajstić information content (AvgIpc) is 2.39. The normalized spacial score (nSPS) is 9.89. The molecule has 0 N–H and O–H groups in total. The second-order valence-electron chi connectivity index (χ2n) is 3.65. The number of rotatable bonds is 4. The highest BCUT2D eigenvalue weighted by Gasteiger charge is 2.32. The van der Waals surface area contributed by atoms with Crippen LogP contribution in [0.1, 0.15) is 0 Å². The quantitative estimate of drug-likeness (QED) is 0.621. The predicted octanol–water partition coefficient (Wildman–Crippen LogP) is 2.54. The van der Waals surface area contributed by atoms with E-state index in [1.807, 2.05) is 0 Å². The van der Waals surface area contributed by atoms with E-state index in [4.69, 9.17) is 0 Å². The molecule has 2 aromatic rings. The van der Waals surface area contributed by atoms with Crippen LogP contribution in [0, 0.1) is 20.2 Å². The lowest BCUT2D eigenvalue weighted by atomic mass is 10.0. The monoisotopic (exact) mass is 259 g/mol. The number of hydrogen-bond donors (Lipinski definition) is 0. The van der Waals surface area contributed by atoms with Gasteiger partial charge < -0.3 is 0 Å². The summed E-state index contributed by atoms with van der Waals surface area (Å²) >= 11 is 0. The molecule has 0 aliphatic heterocycles. The lowest BCUT2D eigenvalue weighted by Crippen LogP contribution is -2.35. The van der Waals surface area contributed by atoms with Crippen LogP contribution >= 0.6 is 0 Å². The number of anilines is 1. The maximum absolute atomic E-state index is 10.8. The number of benzene rings is 2. The van der Waals surface area contributed by atoms with Crippen LogP contribution in [0.15, 0.2) is 54.6 Å². The number of para-hydroxylation sites is 1. The van der Waals surface area contributed by atoms with Gasteiger partial charge in [0.2, 0.25) is 15.2 Å². The molecule has 0 saturated heterocycles. The van der Waals surface area contributed by atoms with Crippen molar-refractivity contribution in [1.82, 2.24) is 0 Å². The van der Waals surface area contributed by atoms with Crippen molar-refractivity contribution in [3.05, 3.63) is 74.8 Å². The van der Waals surface area contributed by atoms with Crippen molar-refractivity contribution >= 4 is 5.69 Å². The van der Waals surface area contributed by atoms with E-state index in [1.54, 1.807) is 42.5 Å². The third-order valence-electron chi connectivity index (χ3n) is 2.51. The van der Waals surface area contributed by atoms with E-state index >= 15 is 0 Å². The van der Waals surface area contributed by atoms with Crippen molar-refractivity contribution < 1.29 is 10.1 Å². The summed E-state index contributed by atoms with van der Waals surface area (Å²) in [7, 11) is 0. The first-order valence-electron chi connectivity index (χ1n) is 5.34. The van der Waals surface area contributed by atoms with Gasteiger partial charge >= 0.3 is 0 Å². The van der Waals surface area contributed by atoms with Gasteiger partial charge in [-0.25, -0.2) is 20.2 Å². The van der Waals surface area contributed by atoms with Gasteiger partial charge in [0.05, 0.1) is 0 Å². The second-order valence-corrected chi connectivity index (χ2v) is 3.65. The van der Waals surface area contributed by atoms with E-state index < -0.39 is 10.1 Å². The Labute approximate surface area is 107 Å². The van der Waals surface area contributed by atoms with Crippen LogP contribution in [0.2, 0.25) is 0 Å². The van der Waals surface area contributed by atoms with E-state index in [9.17, 15) is 20.2 Å². The molecule has 19 heavy (non-hydrogen) atoms. The first-order chi connectivity index (χ1) is 9.11. The Bertz CT molecular complexity index is 601. The molecule has 96 valence electrons. The Balaban J connectivity index is 2.59. The minimum Gasteiger partial charge on any atom is -0.230 e. The molecule has 0 aliphatic carbocycles. The van der Waals surface area contributed by atoms with Crippen LogP contribution in [0.4, 0.5) is 5.69 Å². The third-order valence-corrected chi connectivity index (χ3v) is 2.51. The Morgan fingerprint density at radius 1 is 0.789 bits per heavy atom. The molecule has 0 heterocycles. The molecule has 0 aromatic heterocycles. The number of hydrogen-bond acceptors (Lipinski definition) is 4. The smallest absolute Gasteiger partial charge is 0.228 e. The molecule has 0 saturated carbocycles. The molecule has 2 aromatic carbocycles. The summed E-state index contributed by atoms with van der Waals surface area (Å²) in [5, 5.41) is 19.4. The van der Waals surface area contributed by atoms with Crippen molar-refractivity contribution in [2.24, 2.45) is 0 Å². The highest BCUT2D eigenvalue weighted by Crippen LogP contribution is 2.30. The summed E-state index contributed by atoms with van der Waals surface area (Å²) in [6.07, 6.45) is 0. The molecule has 0 aliphatic rings. The zero-order valence-electron chi connectivity index (χ0n) is 9.67. The number of nitrogens with zero attached hydrogens (tertiary/aromatic N) is 3. The molecule has 7 heteroatoms. The predicted molar refractivity (Wildman–Crippen MR) is 68.3 cm³/mol. The van der Waals surface area contributed by atoms with Gasteiger partial charge in [0.1, 0.15) is 0 Å². The fraction of sp³-hybridized carbons (Fsp3) is 0. The van der Waals surface area contributed by atoms with Gasteiger partial charge in [0.15, 0.2) is 5.69 Å². The largest absolute Gasteiger partial charge is 0.230 e. The van der Waals surface area contributed by atoms with Crippen LogP contribution in [0.3, 0.4) is 0 Å². The number of nitro groups is 2. The fourth-order valence-electron chi connectivity index (χ4n) is 1.75. The van der Waals surface area contributed by atoms with Crippen LogP contribution in [-0.2, 0) is 0 Å². The molecule has 0 spiro atoms. The van der Waals surface area contributed by atoms with Crippen LogP contribution in [-0.4, -0.2) is 10.1 Å². The van der Waals surface area contributed by atoms with E-state index in [-0.39, 0.29) is 10.8 Å². The maximum Gasteiger partial charge on any atom is 0.228 e. The topological polar surface area (TPSA) is 89.5 Å². The molecule has 0 atom stereocenters. The first-order valence-corrected chi connectivity index (χ1v) is 5.34. The van der Waals surface area contributed by atoms with Gasteiger partial charge in [0, 0.05) is 5.56 Å². The zero-order valence-corrected chi connectivity index (χ0v) is 9.67. The van der Waals surface area contributed by atoms with Gasteiger partial charge in [-0.15, -0.1) is 0 Å². The summed E-state index contributed by atoms with van der Waals surface area (Å²) in [5.74, 6) is 0. The SMILES string of the molecule is O=[N+]([O-])N(c1ccccc1-c1ccccc1)[N+](=O)[O-]. The number of hydrazine groups is 2. The molecule has 0 amide bonds. The van der Waals surface area contributed by atoms with E-state index in [0.29, 0.717) is 11.1 Å². The minimum atomic E-state index is -1.05. The van der Waals surface area contributed by atoms with Crippen LogP contribution in [0.25, 0.3) is 11.1 Å². The van der Waals surface area contributed by atoms with Crippen molar-refractivity contribution in [1.29, 1.82) is 0 Å². The summed E-state index contributed by atoms with van der Waals surface area (Å²) in [6, 6.07) is 14.9. The van der Waals surface area contributed by atoms with Crippen molar-refractivity contribution in [3.8, 4) is 11.1 Å². The average molecular weight is 259 g/mol. The molecule has 2 rings (SSSR count). The lowest BCUT2D eigenvalue weighted by Gasteiger charge is -2.09. The molecule has 0 radical (unpaired) electrons. The van der Waals surface area contributed by atoms with Crippen molar-refractivity contribution in [2.45, 2.75) is 0 Å². The van der Waals surface area contributed by atoms with Crippen LogP contribution < -0.4 is 5.12 Å². The summed E-state index contributed by atoms with van der Waals surface area (Å²) in [4.78, 5) is 21.6. The first kappa shape index (κ1) is 12.5. The van der Waals surface area contributed by atoms with E-state index in [1.165, 1.54) is 12.1 Å². The highest BCUT2D eigenvalue weighted by molar-refractivity contribution is 5.77. The van der Waals surface area contributed by atoms with Gasteiger partial charge in [-0.1, -0.05) is 48.5 Å². The third kappa shape index (κ3) is 2.49. The highest BCUT2D eigenvalue weighted by atomic mass is 16.8. The Morgan fingerprint density at radius 2 is 1.32 bits per heavy atom. The van der Waals surface area contributed by atoms with Crippen LogP contribution in [0.5, 0.6) is 0 Å². The Hall–Kier alpha value is -2.96. The molecule has 0 bridgehead atoms. The van der Waals surface area contributed by atoms with Crippen molar-refractivity contribution in [3.63, 3.8) is 0 Å². The molecule has 0 unspecified atom stereocenters. The van der Waals surface area contributed by atoms with E-state index in [0.717, 1.165) is 0 Å². The van der Waals surface area contributed by atoms with Gasteiger partial charge in [-0.2, -0.15) is 0 Å². The minimum absolute atomic E-state index is 0.0799. The fourth-order valence-corrected chi connectivity index (χ4v) is 1.75. The second kappa shape index (κ2) is 5.13. The summed E-state index contributed by atoms with van der Waals surface area (Å²) in [5.41, 5.74) is 1.02. The van der Waals surface area contributed by atoms with Gasteiger partial charge in [-0.05, 0) is 11.6 Å². The standard InChI is InChI=1S/C12H9N3O4/c16-14(17)13(15(18)19)12-9-5-4-8-11(12)10-6-2-1-3-7-10/h1-9H. The lowest BCUT2D eigenvalue weighted by molar-refractivity contribution is -0.711. The molecular weight excluding hydrogens is 250 g/mol. The van der Waals surface area contributed by atoms with Gasteiger partial charge in [-0.3, -0.25) is 0 Å². The summed E-state index contributed by atoms with van der Waals surface area (Å²) < 4.78 is 0. The maximum atomic E-state index is 10.8. The molecular formula is C12H9N3O4. The van der Waals surface area contributed by atoms with Gasteiger partial charge in [0.25, 0.3) is 0 Å². The molecule has 7 nitrogen and oxygen atoms in total. The Kier molecular flexibility index (Phi) is 3.37. The van der Waals surface area contributed by atoms with E-state index in [2.05, 4.69) is 0 Å². The molecule has 0 fully saturated rings. The zero-order chi connectivity index (χ0) is 13.8.